The van der Waals surface area contributed by atoms with Gasteiger partial charge in [0.25, 0.3) is 0 Å². The van der Waals surface area contributed by atoms with Crippen LogP contribution in [0.1, 0.15) is 78.6 Å². The molecule has 7 atom stereocenters. The van der Waals surface area contributed by atoms with Crippen molar-refractivity contribution in [2.45, 2.75) is 84.2 Å². The molecular formula is C21H32O3. The first-order valence-corrected chi connectivity index (χ1v) is 9.97. The predicted molar refractivity (Wildman–Crippen MR) is 92.4 cm³/mol. The van der Waals surface area contributed by atoms with Gasteiger partial charge in [-0.2, -0.15) is 0 Å². The van der Waals surface area contributed by atoms with Crippen molar-refractivity contribution in [3.8, 4) is 0 Å². The Morgan fingerprint density at radius 3 is 2.50 bits per heavy atom. The van der Waals surface area contributed by atoms with Crippen LogP contribution in [0.5, 0.6) is 0 Å². The van der Waals surface area contributed by atoms with E-state index in [0.29, 0.717) is 42.3 Å². The number of aliphatic hydroxyl groups is 1. The van der Waals surface area contributed by atoms with Gasteiger partial charge in [-0.15, -0.1) is 0 Å². The fourth-order valence-electron chi connectivity index (χ4n) is 7.34. The topological polar surface area (TPSA) is 54.4 Å². The van der Waals surface area contributed by atoms with Gasteiger partial charge >= 0.3 is 0 Å². The molecule has 3 nitrogen and oxygen atoms in total. The van der Waals surface area contributed by atoms with Gasteiger partial charge in [-0.05, 0) is 87.4 Å². The molecule has 0 heterocycles. The molecule has 0 aromatic rings. The van der Waals surface area contributed by atoms with Gasteiger partial charge in [0, 0.05) is 11.8 Å². The van der Waals surface area contributed by atoms with Crippen molar-refractivity contribution >= 4 is 11.6 Å². The molecule has 1 N–H and O–H groups in total. The monoisotopic (exact) mass is 332 g/mol. The predicted octanol–water partition coefficient (Wildman–Crippen LogP) is 3.92. The van der Waals surface area contributed by atoms with Crippen LogP contribution in [0, 0.1) is 34.5 Å². The first kappa shape index (κ1) is 16.8. The van der Waals surface area contributed by atoms with E-state index in [1.54, 1.807) is 6.92 Å². The van der Waals surface area contributed by atoms with E-state index in [4.69, 9.17) is 0 Å². The summed E-state index contributed by atoms with van der Waals surface area (Å²) in [7, 11) is 0. The molecule has 3 heteroatoms. The molecule has 134 valence electrons. The Morgan fingerprint density at radius 1 is 1.04 bits per heavy atom. The molecule has 4 saturated carbocycles. The van der Waals surface area contributed by atoms with Gasteiger partial charge in [-0.1, -0.05) is 13.8 Å². The zero-order chi connectivity index (χ0) is 17.3. The van der Waals surface area contributed by atoms with E-state index in [2.05, 4.69) is 13.8 Å². The summed E-state index contributed by atoms with van der Waals surface area (Å²) in [5, 5.41) is 10.7. The van der Waals surface area contributed by atoms with Crippen LogP contribution in [0.4, 0.5) is 0 Å². The van der Waals surface area contributed by atoms with Crippen molar-refractivity contribution in [3.63, 3.8) is 0 Å². The average molecular weight is 332 g/mol. The summed E-state index contributed by atoms with van der Waals surface area (Å²) in [6.07, 6.45) is 8.64. The van der Waals surface area contributed by atoms with Crippen LogP contribution >= 0.6 is 0 Å². The highest BCUT2D eigenvalue weighted by Gasteiger charge is 2.61. The minimum Gasteiger partial charge on any atom is -0.382 e. The molecule has 0 aliphatic heterocycles. The van der Waals surface area contributed by atoms with E-state index in [0.717, 1.165) is 38.5 Å². The fourth-order valence-corrected chi connectivity index (χ4v) is 7.34. The first-order chi connectivity index (χ1) is 11.2. The van der Waals surface area contributed by atoms with Gasteiger partial charge in [0.1, 0.15) is 11.4 Å². The Bertz CT molecular complexity index is 584. The summed E-state index contributed by atoms with van der Waals surface area (Å²) < 4.78 is 0. The highest BCUT2D eigenvalue weighted by Crippen LogP contribution is 2.66. The molecule has 0 saturated heterocycles. The highest BCUT2D eigenvalue weighted by atomic mass is 16.3. The summed E-state index contributed by atoms with van der Waals surface area (Å²) in [6, 6.07) is 0. The van der Waals surface area contributed by atoms with Crippen molar-refractivity contribution in [3.05, 3.63) is 0 Å². The van der Waals surface area contributed by atoms with Crippen molar-refractivity contribution in [2.24, 2.45) is 34.5 Å². The maximum Gasteiger partial charge on any atom is 0.161 e. The van der Waals surface area contributed by atoms with Gasteiger partial charge in [-0.25, -0.2) is 0 Å². The van der Waals surface area contributed by atoms with Crippen LogP contribution in [-0.4, -0.2) is 22.3 Å². The van der Waals surface area contributed by atoms with Crippen LogP contribution in [0.3, 0.4) is 0 Å². The third-order valence-corrected chi connectivity index (χ3v) is 9.09. The van der Waals surface area contributed by atoms with E-state index in [1.165, 1.54) is 6.42 Å². The number of rotatable bonds is 1. The lowest BCUT2D eigenvalue weighted by Crippen LogP contribution is -2.57. The Hall–Kier alpha value is -0.700. The van der Waals surface area contributed by atoms with Crippen LogP contribution < -0.4 is 0 Å². The van der Waals surface area contributed by atoms with Gasteiger partial charge in [0.15, 0.2) is 5.78 Å². The summed E-state index contributed by atoms with van der Waals surface area (Å²) in [4.78, 5) is 24.4. The van der Waals surface area contributed by atoms with Crippen LogP contribution in [0.15, 0.2) is 0 Å². The molecule has 0 radical (unpaired) electrons. The van der Waals surface area contributed by atoms with Gasteiger partial charge < -0.3 is 5.11 Å². The molecule has 0 aromatic carbocycles. The molecule has 4 fully saturated rings. The molecule has 24 heavy (non-hydrogen) atoms. The third-order valence-electron chi connectivity index (χ3n) is 9.09. The standard InChI is InChI=1S/C21H32O3/c1-13(22)21(24)11-10-19(2)14(12-21)4-5-15-16-6-7-18(23)20(16,3)9-8-17(15)19/h14-17,24H,4-12H2,1-3H3/t14-,15-,16-,17+,19-,20-,21-/m0/s1. The number of Topliss-reactive ketones (excluding diaryl/α,β-unsaturated/α-hetero) is 2. The van der Waals surface area contributed by atoms with E-state index in [-0.39, 0.29) is 16.6 Å². The zero-order valence-electron chi connectivity index (χ0n) is 15.4. The molecule has 0 bridgehead atoms. The molecular weight excluding hydrogens is 300 g/mol. The van der Waals surface area contributed by atoms with Crippen LogP contribution in [-0.2, 0) is 9.59 Å². The Kier molecular flexibility index (Phi) is 3.60. The van der Waals surface area contributed by atoms with E-state index >= 15 is 0 Å². The second-order valence-corrected chi connectivity index (χ2v) is 9.87. The Labute approximate surface area is 145 Å². The fraction of sp³-hybridized carbons (Fsp3) is 0.905. The number of hydrogen-bond donors (Lipinski definition) is 1. The van der Waals surface area contributed by atoms with E-state index < -0.39 is 5.60 Å². The second kappa shape index (κ2) is 5.16. The van der Waals surface area contributed by atoms with E-state index in [1.807, 2.05) is 0 Å². The third kappa shape index (κ3) is 2.06. The number of carbonyl (C=O) groups excluding carboxylic acids is 2. The zero-order valence-corrected chi connectivity index (χ0v) is 15.4. The van der Waals surface area contributed by atoms with Gasteiger partial charge in [-0.3, -0.25) is 9.59 Å². The molecule has 0 unspecified atom stereocenters. The first-order valence-electron chi connectivity index (χ1n) is 9.97. The van der Waals surface area contributed by atoms with Crippen molar-refractivity contribution < 1.29 is 14.7 Å². The lowest BCUT2D eigenvalue weighted by Gasteiger charge is -2.61. The number of carbonyl (C=O) groups is 2. The molecule has 4 rings (SSSR count). The Balaban J connectivity index is 1.61. The van der Waals surface area contributed by atoms with E-state index in [9.17, 15) is 14.7 Å². The van der Waals surface area contributed by atoms with Crippen molar-refractivity contribution in [2.75, 3.05) is 0 Å². The molecule has 0 aromatic heterocycles. The molecule has 4 aliphatic carbocycles. The van der Waals surface area contributed by atoms with Crippen LogP contribution in [0.2, 0.25) is 0 Å². The largest absolute Gasteiger partial charge is 0.382 e. The summed E-state index contributed by atoms with van der Waals surface area (Å²) in [5.74, 6) is 2.85. The quantitative estimate of drug-likeness (QED) is 0.792. The highest BCUT2D eigenvalue weighted by molar-refractivity contribution is 5.87. The van der Waals surface area contributed by atoms with Crippen molar-refractivity contribution in [1.29, 1.82) is 0 Å². The van der Waals surface area contributed by atoms with Gasteiger partial charge in [0.05, 0.1) is 0 Å². The summed E-state index contributed by atoms with van der Waals surface area (Å²) in [6.45, 7) is 6.20. The molecule has 0 amide bonds. The minimum atomic E-state index is -1.08. The minimum absolute atomic E-state index is 0.0516. The van der Waals surface area contributed by atoms with Gasteiger partial charge in [0.2, 0.25) is 0 Å². The maximum atomic E-state index is 12.5. The maximum absolute atomic E-state index is 12.5. The second-order valence-electron chi connectivity index (χ2n) is 9.87. The summed E-state index contributed by atoms with van der Waals surface area (Å²) in [5.41, 5.74) is -0.889. The SMILES string of the molecule is CC(=O)[C@]1(O)CC[C@@]2(C)[C@@H](CC[C@@H]3[C@H]2CC[C@]2(C)C(=O)CC[C@@H]32)C1. The Morgan fingerprint density at radius 2 is 1.79 bits per heavy atom. The lowest BCUT2D eigenvalue weighted by molar-refractivity contribution is -0.165. The number of hydrogen-bond acceptors (Lipinski definition) is 3. The molecule has 0 spiro atoms. The number of ketones is 2. The number of fused-ring (bicyclic) bond motifs is 5. The smallest absolute Gasteiger partial charge is 0.161 e. The van der Waals surface area contributed by atoms with Crippen LogP contribution in [0.25, 0.3) is 0 Å². The normalized spacial score (nSPS) is 53.9. The molecule has 4 aliphatic rings. The van der Waals surface area contributed by atoms with Crippen molar-refractivity contribution in [1.82, 2.24) is 0 Å². The lowest BCUT2D eigenvalue weighted by atomic mass is 9.44. The summed E-state index contributed by atoms with van der Waals surface area (Å²) >= 11 is 0. The average Bonchev–Trinajstić information content (AvgIpc) is 2.84.